The third-order valence-electron chi connectivity index (χ3n) is 3.33. The zero-order valence-electron chi connectivity index (χ0n) is 11.7. The molecule has 0 spiro atoms. The summed E-state index contributed by atoms with van der Waals surface area (Å²) in [6, 6.07) is 7.78. The first-order valence-electron chi connectivity index (χ1n) is 6.91. The van der Waals surface area contributed by atoms with Gasteiger partial charge in [0.2, 0.25) is 5.91 Å². The van der Waals surface area contributed by atoms with E-state index >= 15 is 0 Å². The quantitative estimate of drug-likeness (QED) is 0.816. The minimum Gasteiger partial charge on any atom is -0.368 e. The van der Waals surface area contributed by atoms with Gasteiger partial charge in [-0.3, -0.25) is 4.79 Å². The lowest BCUT2D eigenvalue weighted by atomic mass is 10.1. The Morgan fingerprint density at radius 2 is 2.25 bits per heavy atom. The summed E-state index contributed by atoms with van der Waals surface area (Å²) in [5, 5.41) is 2.98. The van der Waals surface area contributed by atoms with Gasteiger partial charge < -0.3 is 15.8 Å². The highest BCUT2D eigenvalue weighted by molar-refractivity contribution is 5.81. The van der Waals surface area contributed by atoms with Crippen LogP contribution in [0.25, 0.3) is 0 Å². The Morgan fingerprint density at radius 1 is 1.50 bits per heavy atom. The predicted molar refractivity (Wildman–Crippen MR) is 77.9 cm³/mol. The lowest BCUT2D eigenvalue weighted by Gasteiger charge is -2.17. The fourth-order valence-electron chi connectivity index (χ4n) is 2.18. The second kappa shape index (κ2) is 7.09. The average Bonchev–Trinajstić information content (AvgIpc) is 3.00. The Bertz CT molecular complexity index is 508. The van der Waals surface area contributed by atoms with Crippen molar-refractivity contribution < 1.29 is 9.53 Å². The van der Waals surface area contributed by atoms with Crippen LogP contribution in [0.1, 0.15) is 36.9 Å². The van der Waals surface area contributed by atoms with Crippen LogP contribution in [-0.2, 0) is 9.53 Å². The highest BCUT2D eigenvalue weighted by Gasteiger charge is 2.24. The smallest absolute Gasteiger partial charge is 0.249 e. The minimum absolute atomic E-state index is 0.0259. The third kappa shape index (κ3) is 3.83. The van der Waals surface area contributed by atoms with Gasteiger partial charge in [-0.1, -0.05) is 24.0 Å². The van der Waals surface area contributed by atoms with Crippen molar-refractivity contribution in [2.45, 2.75) is 31.9 Å². The Kier molecular flexibility index (Phi) is 5.16. The van der Waals surface area contributed by atoms with Crippen molar-refractivity contribution in [3.63, 3.8) is 0 Å². The molecule has 1 heterocycles. The molecule has 1 saturated heterocycles. The van der Waals surface area contributed by atoms with E-state index in [9.17, 15) is 4.79 Å². The van der Waals surface area contributed by atoms with Crippen molar-refractivity contribution in [2.75, 3.05) is 13.2 Å². The first-order valence-corrected chi connectivity index (χ1v) is 6.91. The summed E-state index contributed by atoms with van der Waals surface area (Å²) in [5.74, 6) is 5.76. The number of carbonyl (C=O) groups is 1. The standard InChI is InChI=1S/C16H20N2O2/c1-12(18-16(19)15-5-3-11-20-15)14-8-6-13(7-9-14)4-2-10-17/h6-9,12,15H,3,5,10-11,17H2,1H3,(H,18,19). The average molecular weight is 272 g/mol. The SMILES string of the molecule is CC(NC(=O)C1CCCO1)c1ccc(C#CCN)cc1. The molecule has 0 saturated carbocycles. The highest BCUT2D eigenvalue weighted by atomic mass is 16.5. The molecule has 20 heavy (non-hydrogen) atoms. The van der Waals surface area contributed by atoms with Gasteiger partial charge in [0.25, 0.3) is 0 Å². The summed E-state index contributed by atoms with van der Waals surface area (Å²) in [7, 11) is 0. The minimum atomic E-state index is -0.285. The molecule has 106 valence electrons. The molecule has 3 N–H and O–H groups in total. The molecule has 2 rings (SSSR count). The van der Waals surface area contributed by atoms with E-state index in [1.165, 1.54) is 0 Å². The predicted octanol–water partition coefficient (Wildman–Crippen LogP) is 1.35. The number of hydrogen-bond donors (Lipinski definition) is 2. The van der Waals surface area contributed by atoms with Gasteiger partial charge in [0.05, 0.1) is 12.6 Å². The van der Waals surface area contributed by atoms with Gasteiger partial charge in [-0.05, 0) is 37.5 Å². The zero-order valence-corrected chi connectivity index (χ0v) is 11.7. The maximum atomic E-state index is 12.0. The number of benzene rings is 1. The van der Waals surface area contributed by atoms with E-state index in [1.807, 2.05) is 31.2 Å². The van der Waals surface area contributed by atoms with Crippen molar-refractivity contribution in [1.29, 1.82) is 0 Å². The normalized spacial score (nSPS) is 19.0. The van der Waals surface area contributed by atoms with Gasteiger partial charge in [0.1, 0.15) is 6.10 Å². The second-order valence-corrected chi connectivity index (χ2v) is 4.86. The fraction of sp³-hybridized carbons (Fsp3) is 0.438. The molecule has 0 aliphatic carbocycles. The number of nitrogens with one attached hydrogen (secondary N) is 1. The van der Waals surface area contributed by atoms with E-state index in [4.69, 9.17) is 10.5 Å². The van der Waals surface area contributed by atoms with Crippen LogP contribution in [0.3, 0.4) is 0 Å². The molecule has 1 aromatic rings. The van der Waals surface area contributed by atoms with Gasteiger partial charge in [-0.25, -0.2) is 0 Å². The molecule has 1 aliphatic rings. The van der Waals surface area contributed by atoms with Crippen LogP contribution in [-0.4, -0.2) is 25.2 Å². The molecule has 0 aromatic heterocycles. The van der Waals surface area contributed by atoms with Crippen LogP contribution in [0.4, 0.5) is 0 Å². The molecule has 1 aromatic carbocycles. The molecule has 2 unspecified atom stereocenters. The Labute approximate surface area is 119 Å². The molecule has 1 fully saturated rings. The first kappa shape index (κ1) is 14.6. The maximum absolute atomic E-state index is 12.0. The maximum Gasteiger partial charge on any atom is 0.249 e. The van der Waals surface area contributed by atoms with Crippen LogP contribution in [0.15, 0.2) is 24.3 Å². The number of hydrogen-bond acceptors (Lipinski definition) is 3. The monoisotopic (exact) mass is 272 g/mol. The number of nitrogens with two attached hydrogens (primary N) is 1. The summed E-state index contributed by atoms with van der Waals surface area (Å²) in [6.07, 6.45) is 1.49. The Hall–Kier alpha value is -1.83. The first-order chi connectivity index (χ1) is 9.70. The molecule has 1 aliphatic heterocycles. The summed E-state index contributed by atoms with van der Waals surface area (Å²) in [4.78, 5) is 12.0. The van der Waals surface area contributed by atoms with Crippen molar-refractivity contribution >= 4 is 5.91 Å². The van der Waals surface area contributed by atoms with Crippen molar-refractivity contribution in [3.8, 4) is 11.8 Å². The molecule has 4 heteroatoms. The van der Waals surface area contributed by atoms with E-state index in [0.29, 0.717) is 13.2 Å². The Morgan fingerprint density at radius 3 is 2.85 bits per heavy atom. The van der Waals surface area contributed by atoms with E-state index in [2.05, 4.69) is 17.2 Å². The summed E-state index contributed by atoms with van der Waals surface area (Å²) >= 11 is 0. The number of ether oxygens (including phenoxy) is 1. The van der Waals surface area contributed by atoms with Crippen molar-refractivity contribution in [2.24, 2.45) is 5.73 Å². The largest absolute Gasteiger partial charge is 0.368 e. The second-order valence-electron chi connectivity index (χ2n) is 4.86. The molecular weight excluding hydrogens is 252 g/mol. The zero-order chi connectivity index (χ0) is 14.4. The molecule has 2 atom stereocenters. The van der Waals surface area contributed by atoms with Gasteiger partial charge >= 0.3 is 0 Å². The van der Waals surface area contributed by atoms with Crippen LogP contribution in [0.5, 0.6) is 0 Å². The van der Waals surface area contributed by atoms with E-state index in [0.717, 1.165) is 24.0 Å². The topological polar surface area (TPSA) is 64.3 Å². The van der Waals surface area contributed by atoms with Crippen LogP contribution < -0.4 is 11.1 Å². The van der Waals surface area contributed by atoms with Gasteiger partial charge in [-0.2, -0.15) is 0 Å². The van der Waals surface area contributed by atoms with Crippen molar-refractivity contribution in [3.05, 3.63) is 35.4 Å². The lowest BCUT2D eigenvalue weighted by molar-refractivity contribution is -0.130. The lowest BCUT2D eigenvalue weighted by Crippen LogP contribution is -2.35. The van der Waals surface area contributed by atoms with Crippen molar-refractivity contribution in [1.82, 2.24) is 5.32 Å². The van der Waals surface area contributed by atoms with E-state index < -0.39 is 0 Å². The fourth-order valence-corrected chi connectivity index (χ4v) is 2.18. The van der Waals surface area contributed by atoms with E-state index in [-0.39, 0.29) is 18.1 Å². The molecule has 1 amide bonds. The molecule has 4 nitrogen and oxygen atoms in total. The van der Waals surface area contributed by atoms with E-state index in [1.54, 1.807) is 0 Å². The van der Waals surface area contributed by atoms with Crippen LogP contribution in [0, 0.1) is 11.8 Å². The number of carbonyl (C=O) groups excluding carboxylic acids is 1. The summed E-state index contributed by atoms with van der Waals surface area (Å²) < 4.78 is 5.37. The third-order valence-corrected chi connectivity index (χ3v) is 3.33. The summed E-state index contributed by atoms with van der Waals surface area (Å²) in [5.41, 5.74) is 7.31. The summed E-state index contributed by atoms with van der Waals surface area (Å²) in [6.45, 7) is 3.00. The number of rotatable bonds is 3. The van der Waals surface area contributed by atoms with Crippen LogP contribution >= 0.6 is 0 Å². The molecule has 0 radical (unpaired) electrons. The molecular formula is C16H20N2O2. The van der Waals surface area contributed by atoms with Gasteiger partial charge in [0, 0.05) is 12.2 Å². The van der Waals surface area contributed by atoms with Crippen LogP contribution in [0.2, 0.25) is 0 Å². The Balaban J connectivity index is 1.94. The number of amides is 1. The highest BCUT2D eigenvalue weighted by Crippen LogP contribution is 2.16. The van der Waals surface area contributed by atoms with Gasteiger partial charge in [-0.15, -0.1) is 0 Å². The van der Waals surface area contributed by atoms with Gasteiger partial charge in [0.15, 0.2) is 0 Å². The molecule has 0 bridgehead atoms.